The van der Waals surface area contributed by atoms with Gasteiger partial charge in [0.15, 0.2) is 0 Å². The van der Waals surface area contributed by atoms with Gasteiger partial charge in [0.1, 0.15) is 0 Å². The molecule has 1 N–H and O–H groups in total. The molecule has 1 atom stereocenters. The Kier molecular flexibility index (Phi) is 2.57. The highest BCUT2D eigenvalue weighted by atomic mass is 35.5. The van der Waals surface area contributed by atoms with Crippen LogP contribution in [-0.4, -0.2) is 18.5 Å². The molecule has 0 aromatic heterocycles. The average molecular weight is 225 g/mol. The average Bonchev–Trinajstić information content (AvgIpc) is 2.16. The fourth-order valence-corrected chi connectivity index (χ4v) is 2.09. The highest BCUT2D eigenvalue weighted by Gasteiger charge is 2.25. The van der Waals surface area contributed by atoms with Crippen molar-refractivity contribution in [3.63, 3.8) is 0 Å². The summed E-state index contributed by atoms with van der Waals surface area (Å²) >= 11 is 5.93. The summed E-state index contributed by atoms with van der Waals surface area (Å²) in [5.74, 6) is 0.0486. The Balaban J connectivity index is 2.50. The number of benzene rings is 1. The van der Waals surface area contributed by atoms with Crippen LogP contribution in [-0.2, 0) is 4.79 Å². The molecule has 0 spiro atoms. The second-order valence-corrected chi connectivity index (χ2v) is 4.22. The second-order valence-electron chi connectivity index (χ2n) is 3.78. The SMILES string of the molecule is CC(=O)N1c2cc(Cl)ccc2NCC1C. The fourth-order valence-electron chi connectivity index (χ4n) is 1.92. The third-order valence-electron chi connectivity index (χ3n) is 2.59. The van der Waals surface area contributed by atoms with Gasteiger partial charge in [0, 0.05) is 18.5 Å². The Morgan fingerprint density at radius 1 is 1.60 bits per heavy atom. The molecule has 1 aromatic rings. The number of carbonyl (C=O) groups excluding carboxylic acids is 1. The second kappa shape index (κ2) is 3.74. The van der Waals surface area contributed by atoms with E-state index in [9.17, 15) is 4.79 Å². The molecule has 15 heavy (non-hydrogen) atoms. The highest BCUT2D eigenvalue weighted by Crippen LogP contribution is 2.33. The van der Waals surface area contributed by atoms with Crippen LogP contribution in [0.5, 0.6) is 0 Å². The normalized spacial score (nSPS) is 19.4. The fraction of sp³-hybridized carbons (Fsp3) is 0.364. The van der Waals surface area contributed by atoms with Gasteiger partial charge in [0.2, 0.25) is 5.91 Å². The maximum atomic E-state index is 11.5. The number of halogens is 1. The van der Waals surface area contributed by atoms with E-state index in [2.05, 4.69) is 5.32 Å². The zero-order chi connectivity index (χ0) is 11.0. The lowest BCUT2D eigenvalue weighted by Crippen LogP contribution is -2.44. The van der Waals surface area contributed by atoms with E-state index in [-0.39, 0.29) is 11.9 Å². The molecule has 0 saturated carbocycles. The van der Waals surface area contributed by atoms with E-state index in [1.807, 2.05) is 25.1 Å². The molecule has 80 valence electrons. The molecule has 1 aliphatic heterocycles. The van der Waals surface area contributed by atoms with Gasteiger partial charge in [-0.3, -0.25) is 4.79 Å². The van der Waals surface area contributed by atoms with Gasteiger partial charge in [-0.1, -0.05) is 11.6 Å². The van der Waals surface area contributed by atoms with E-state index in [1.165, 1.54) is 0 Å². The van der Waals surface area contributed by atoms with Crippen LogP contribution in [0.3, 0.4) is 0 Å². The van der Waals surface area contributed by atoms with E-state index >= 15 is 0 Å². The van der Waals surface area contributed by atoms with E-state index in [1.54, 1.807) is 11.8 Å². The first-order valence-corrected chi connectivity index (χ1v) is 5.30. The van der Waals surface area contributed by atoms with E-state index in [0.717, 1.165) is 17.9 Å². The van der Waals surface area contributed by atoms with Crippen LogP contribution in [0, 0.1) is 0 Å². The van der Waals surface area contributed by atoms with Crippen molar-refractivity contribution in [2.75, 3.05) is 16.8 Å². The first-order chi connectivity index (χ1) is 7.09. The van der Waals surface area contributed by atoms with E-state index in [0.29, 0.717) is 5.02 Å². The summed E-state index contributed by atoms with van der Waals surface area (Å²) in [7, 11) is 0. The number of hydrogen-bond donors (Lipinski definition) is 1. The third-order valence-corrected chi connectivity index (χ3v) is 2.82. The number of amides is 1. The topological polar surface area (TPSA) is 32.3 Å². The maximum absolute atomic E-state index is 11.5. The van der Waals surface area contributed by atoms with Crippen molar-refractivity contribution >= 4 is 28.9 Å². The summed E-state index contributed by atoms with van der Waals surface area (Å²) in [6, 6.07) is 5.70. The molecule has 4 heteroatoms. The predicted molar refractivity (Wildman–Crippen MR) is 62.6 cm³/mol. The molecule has 0 aliphatic carbocycles. The summed E-state index contributed by atoms with van der Waals surface area (Å²) < 4.78 is 0. The Morgan fingerprint density at radius 2 is 2.33 bits per heavy atom. The van der Waals surface area contributed by atoms with Crippen LogP contribution >= 0.6 is 11.6 Å². The number of anilines is 2. The minimum atomic E-state index is 0.0486. The van der Waals surface area contributed by atoms with Crippen molar-refractivity contribution in [3.8, 4) is 0 Å². The van der Waals surface area contributed by atoms with Crippen LogP contribution < -0.4 is 10.2 Å². The van der Waals surface area contributed by atoms with Crippen molar-refractivity contribution in [3.05, 3.63) is 23.2 Å². The lowest BCUT2D eigenvalue weighted by molar-refractivity contribution is -0.116. The van der Waals surface area contributed by atoms with E-state index in [4.69, 9.17) is 11.6 Å². The molecule has 0 saturated heterocycles. The predicted octanol–water partition coefficient (Wildman–Crippen LogP) is 2.51. The molecule has 0 fully saturated rings. The number of fused-ring (bicyclic) bond motifs is 1. The van der Waals surface area contributed by atoms with Gasteiger partial charge < -0.3 is 10.2 Å². The number of carbonyl (C=O) groups is 1. The highest BCUT2D eigenvalue weighted by molar-refractivity contribution is 6.31. The number of hydrogen-bond acceptors (Lipinski definition) is 2. The van der Waals surface area contributed by atoms with E-state index < -0.39 is 0 Å². The standard InChI is InChI=1S/C11H13ClN2O/c1-7-6-13-10-4-3-9(12)5-11(10)14(7)8(2)15/h3-5,7,13H,6H2,1-2H3. The number of rotatable bonds is 0. The molecule has 1 aliphatic rings. The molecule has 1 amide bonds. The Hall–Kier alpha value is -1.22. The van der Waals surface area contributed by atoms with Gasteiger partial charge in [-0.25, -0.2) is 0 Å². The molecule has 3 nitrogen and oxygen atoms in total. The summed E-state index contributed by atoms with van der Waals surface area (Å²) in [5.41, 5.74) is 1.83. The summed E-state index contributed by atoms with van der Waals surface area (Å²) in [6.07, 6.45) is 0. The first-order valence-electron chi connectivity index (χ1n) is 4.93. The van der Waals surface area contributed by atoms with Gasteiger partial charge in [0.05, 0.1) is 17.4 Å². The third kappa shape index (κ3) is 1.79. The summed E-state index contributed by atoms with van der Waals surface area (Å²) in [5, 5.41) is 3.92. The monoisotopic (exact) mass is 224 g/mol. The van der Waals surface area contributed by atoms with Crippen LogP contribution in [0.25, 0.3) is 0 Å². The Morgan fingerprint density at radius 3 is 3.00 bits per heavy atom. The minimum absolute atomic E-state index is 0.0486. The molecular weight excluding hydrogens is 212 g/mol. The van der Waals surface area contributed by atoms with Crippen molar-refractivity contribution < 1.29 is 4.79 Å². The molecule has 0 radical (unpaired) electrons. The largest absolute Gasteiger partial charge is 0.381 e. The Labute approximate surface area is 94.0 Å². The van der Waals surface area contributed by atoms with Crippen LogP contribution in [0.4, 0.5) is 11.4 Å². The van der Waals surface area contributed by atoms with Gasteiger partial charge >= 0.3 is 0 Å². The lowest BCUT2D eigenvalue weighted by atomic mass is 10.1. The van der Waals surface area contributed by atoms with Crippen molar-refractivity contribution in [2.24, 2.45) is 0 Å². The van der Waals surface area contributed by atoms with Crippen molar-refractivity contribution in [2.45, 2.75) is 19.9 Å². The maximum Gasteiger partial charge on any atom is 0.224 e. The summed E-state index contributed by atoms with van der Waals surface area (Å²) in [4.78, 5) is 13.3. The zero-order valence-electron chi connectivity index (χ0n) is 8.75. The Bertz CT molecular complexity index is 406. The molecule has 1 unspecified atom stereocenters. The van der Waals surface area contributed by atoms with Gasteiger partial charge in [-0.05, 0) is 25.1 Å². The van der Waals surface area contributed by atoms with Crippen molar-refractivity contribution in [1.82, 2.24) is 0 Å². The molecule has 1 heterocycles. The molecule has 1 aromatic carbocycles. The zero-order valence-corrected chi connectivity index (χ0v) is 9.51. The van der Waals surface area contributed by atoms with Crippen LogP contribution in [0.2, 0.25) is 5.02 Å². The quantitative estimate of drug-likeness (QED) is 0.735. The van der Waals surface area contributed by atoms with Crippen molar-refractivity contribution in [1.29, 1.82) is 0 Å². The van der Waals surface area contributed by atoms with Gasteiger partial charge in [-0.15, -0.1) is 0 Å². The molecule has 0 bridgehead atoms. The molecule has 2 rings (SSSR count). The van der Waals surface area contributed by atoms with Crippen LogP contribution in [0.1, 0.15) is 13.8 Å². The van der Waals surface area contributed by atoms with Crippen LogP contribution in [0.15, 0.2) is 18.2 Å². The summed E-state index contributed by atoms with van der Waals surface area (Å²) in [6.45, 7) is 4.36. The van der Waals surface area contributed by atoms with Gasteiger partial charge in [0.25, 0.3) is 0 Å². The smallest absolute Gasteiger partial charge is 0.224 e. The van der Waals surface area contributed by atoms with Gasteiger partial charge in [-0.2, -0.15) is 0 Å². The molecular formula is C11H13ClN2O. The minimum Gasteiger partial charge on any atom is -0.381 e. The number of nitrogens with one attached hydrogen (secondary N) is 1. The first kappa shape index (κ1) is 10.3. The lowest BCUT2D eigenvalue weighted by Gasteiger charge is -2.35. The number of nitrogens with zero attached hydrogens (tertiary/aromatic N) is 1.